The van der Waals surface area contributed by atoms with Crippen LogP contribution in [0.15, 0.2) is 36.7 Å². The molecule has 0 atom stereocenters. The number of nitrogens with one attached hydrogen (secondary N) is 2. The van der Waals surface area contributed by atoms with Gasteiger partial charge in [-0.3, -0.25) is 9.59 Å². The number of nitrogens with zero attached hydrogens (tertiary/aromatic N) is 3. The summed E-state index contributed by atoms with van der Waals surface area (Å²) in [5.41, 5.74) is 1.14. The molecule has 1 aliphatic heterocycles. The van der Waals surface area contributed by atoms with E-state index in [2.05, 4.69) is 25.5 Å². The van der Waals surface area contributed by atoms with E-state index in [-0.39, 0.29) is 17.7 Å². The molecular formula is C19H21N5O2. The molecule has 2 aromatic heterocycles. The van der Waals surface area contributed by atoms with Gasteiger partial charge in [0.25, 0.3) is 5.91 Å². The molecule has 4 rings (SSSR count). The Bertz CT molecular complexity index is 811. The lowest BCUT2D eigenvalue weighted by Crippen LogP contribution is -2.24. The first-order valence-corrected chi connectivity index (χ1v) is 8.99. The lowest BCUT2D eigenvalue weighted by atomic mass is 10.2. The molecule has 3 heterocycles. The summed E-state index contributed by atoms with van der Waals surface area (Å²) in [7, 11) is 0. The summed E-state index contributed by atoms with van der Waals surface area (Å²) in [6.07, 6.45) is 7.40. The summed E-state index contributed by atoms with van der Waals surface area (Å²) in [5, 5.41) is 5.64. The van der Waals surface area contributed by atoms with Crippen LogP contribution >= 0.6 is 0 Å². The van der Waals surface area contributed by atoms with E-state index in [4.69, 9.17) is 0 Å². The zero-order valence-electron chi connectivity index (χ0n) is 14.4. The highest BCUT2D eigenvalue weighted by molar-refractivity contribution is 6.07. The largest absolute Gasteiger partial charge is 0.356 e. The summed E-state index contributed by atoms with van der Waals surface area (Å²) >= 11 is 0. The lowest BCUT2D eigenvalue weighted by molar-refractivity contribution is -0.117. The number of amides is 2. The van der Waals surface area contributed by atoms with Gasteiger partial charge in [0.2, 0.25) is 5.91 Å². The highest BCUT2D eigenvalue weighted by atomic mass is 16.2. The second-order valence-corrected chi connectivity index (χ2v) is 6.72. The maximum Gasteiger partial charge on any atom is 0.259 e. The minimum absolute atomic E-state index is 0.0138. The molecule has 0 radical (unpaired) electrons. The molecular weight excluding hydrogens is 330 g/mol. The van der Waals surface area contributed by atoms with Gasteiger partial charge in [-0.1, -0.05) is 0 Å². The fourth-order valence-corrected chi connectivity index (χ4v) is 3.07. The Kier molecular flexibility index (Phi) is 4.51. The van der Waals surface area contributed by atoms with E-state index in [1.54, 1.807) is 36.7 Å². The van der Waals surface area contributed by atoms with Crippen LogP contribution in [0.5, 0.6) is 0 Å². The Morgan fingerprint density at radius 2 is 1.85 bits per heavy atom. The molecule has 26 heavy (non-hydrogen) atoms. The van der Waals surface area contributed by atoms with Gasteiger partial charge in [0.1, 0.15) is 11.6 Å². The molecule has 7 nitrogen and oxygen atoms in total. The van der Waals surface area contributed by atoms with Crippen LogP contribution in [-0.4, -0.2) is 34.9 Å². The Morgan fingerprint density at radius 1 is 1.04 bits per heavy atom. The standard InChI is InChI=1S/C19H21N5O2/c25-18(13-5-6-13)23-16-8-7-14(12-21-16)22-19(26)15-4-3-9-20-17(15)24-10-1-2-11-24/h3-4,7-9,12-13H,1-2,5-6,10-11H2,(H,22,26)(H,21,23,25). The lowest BCUT2D eigenvalue weighted by Gasteiger charge is -2.19. The maximum atomic E-state index is 12.7. The van der Waals surface area contributed by atoms with Crippen molar-refractivity contribution < 1.29 is 9.59 Å². The number of carbonyl (C=O) groups is 2. The smallest absolute Gasteiger partial charge is 0.259 e. The zero-order chi connectivity index (χ0) is 17.9. The summed E-state index contributed by atoms with van der Waals surface area (Å²) in [6.45, 7) is 1.85. The van der Waals surface area contributed by atoms with E-state index >= 15 is 0 Å². The monoisotopic (exact) mass is 351 g/mol. The molecule has 2 aromatic rings. The second kappa shape index (κ2) is 7.11. The van der Waals surface area contributed by atoms with E-state index in [1.807, 2.05) is 0 Å². The molecule has 134 valence electrons. The molecule has 2 aliphatic rings. The molecule has 2 fully saturated rings. The van der Waals surface area contributed by atoms with Crippen LogP contribution in [0.4, 0.5) is 17.3 Å². The number of carbonyl (C=O) groups excluding carboxylic acids is 2. The van der Waals surface area contributed by atoms with Crippen LogP contribution in [0, 0.1) is 5.92 Å². The Hall–Kier alpha value is -2.96. The molecule has 1 saturated carbocycles. The number of rotatable bonds is 5. The number of pyridine rings is 2. The van der Waals surface area contributed by atoms with Gasteiger partial charge in [0, 0.05) is 25.2 Å². The van der Waals surface area contributed by atoms with Gasteiger partial charge in [-0.25, -0.2) is 9.97 Å². The fourth-order valence-electron chi connectivity index (χ4n) is 3.07. The molecule has 1 saturated heterocycles. The average Bonchev–Trinajstić information content (AvgIpc) is 3.38. The van der Waals surface area contributed by atoms with Crippen molar-refractivity contribution >= 4 is 29.1 Å². The van der Waals surface area contributed by atoms with Gasteiger partial charge >= 0.3 is 0 Å². The molecule has 2 N–H and O–H groups in total. The molecule has 1 aliphatic carbocycles. The molecule has 2 amide bonds. The zero-order valence-corrected chi connectivity index (χ0v) is 14.4. The van der Waals surface area contributed by atoms with Gasteiger partial charge < -0.3 is 15.5 Å². The Morgan fingerprint density at radius 3 is 2.54 bits per heavy atom. The summed E-state index contributed by atoms with van der Waals surface area (Å²) < 4.78 is 0. The first kappa shape index (κ1) is 16.5. The highest BCUT2D eigenvalue weighted by Gasteiger charge is 2.29. The molecule has 0 bridgehead atoms. The van der Waals surface area contributed by atoms with Gasteiger partial charge in [-0.15, -0.1) is 0 Å². The van der Waals surface area contributed by atoms with Crippen molar-refractivity contribution in [1.82, 2.24) is 9.97 Å². The molecule has 7 heteroatoms. The van der Waals surface area contributed by atoms with Gasteiger partial charge in [-0.2, -0.15) is 0 Å². The van der Waals surface area contributed by atoms with Crippen molar-refractivity contribution in [3.63, 3.8) is 0 Å². The Balaban J connectivity index is 1.44. The number of hydrogen-bond acceptors (Lipinski definition) is 5. The van der Waals surface area contributed by atoms with Gasteiger partial charge in [-0.05, 0) is 49.9 Å². The van der Waals surface area contributed by atoms with Crippen LogP contribution in [0.3, 0.4) is 0 Å². The van der Waals surface area contributed by atoms with E-state index in [9.17, 15) is 9.59 Å². The van der Waals surface area contributed by atoms with Crippen LogP contribution in [-0.2, 0) is 4.79 Å². The summed E-state index contributed by atoms with van der Waals surface area (Å²) in [4.78, 5) is 35.2. The van der Waals surface area contributed by atoms with Crippen molar-refractivity contribution in [2.24, 2.45) is 5.92 Å². The third-order valence-corrected chi connectivity index (χ3v) is 4.66. The highest BCUT2D eigenvalue weighted by Crippen LogP contribution is 2.30. The molecule has 0 unspecified atom stereocenters. The Labute approximate surface area is 151 Å². The molecule has 0 aromatic carbocycles. The van der Waals surface area contributed by atoms with Gasteiger partial charge in [0.05, 0.1) is 17.4 Å². The second-order valence-electron chi connectivity index (χ2n) is 6.72. The SMILES string of the molecule is O=C(Nc1ccc(NC(=O)C2CC2)nc1)c1cccnc1N1CCCC1. The number of aromatic nitrogens is 2. The summed E-state index contributed by atoms with van der Waals surface area (Å²) in [6, 6.07) is 6.98. The third kappa shape index (κ3) is 3.66. The molecule has 0 spiro atoms. The predicted octanol–water partition coefficient (Wildman–Crippen LogP) is 2.68. The van der Waals surface area contributed by atoms with Crippen LogP contribution in [0.2, 0.25) is 0 Å². The minimum Gasteiger partial charge on any atom is -0.356 e. The van der Waals surface area contributed by atoms with Crippen molar-refractivity contribution in [3.8, 4) is 0 Å². The minimum atomic E-state index is -0.212. The average molecular weight is 351 g/mol. The fraction of sp³-hybridized carbons (Fsp3) is 0.368. The topological polar surface area (TPSA) is 87.2 Å². The van der Waals surface area contributed by atoms with Crippen LogP contribution in [0.1, 0.15) is 36.0 Å². The maximum absolute atomic E-state index is 12.7. The van der Waals surface area contributed by atoms with E-state index in [0.29, 0.717) is 17.1 Å². The number of hydrogen-bond donors (Lipinski definition) is 2. The normalized spacial score (nSPS) is 16.4. The van der Waals surface area contributed by atoms with Crippen LogP contribution in [0.25, 0.3) is 0 Å². The number of anilines is 3. The summed E-state index contributed by atoms with van der Waals surface area (Å²) in [5.74, 6) is 1.16. The first-order valence-electron chi connectivity index (χ1n) is 8.99. The third-order valence-electron chi connectivity index (χ3n) is 4.66. The van der Waals surface area contributed by atoms with Crippen molar-refractivity contribution in [2.45, 2.75) is 25.7 Å². The van der Waals surface area contributed by atoms with E-state index in [1.165, 1.54) is 0 Å². The van der Waals surface area contributed by atoms with Crippen molar-refractivity contribution in [2.75, 3.05) is 28.6 Å². The first-order chi connectivity index (χ1) is 12.7. The van der Waals surface area contributed by atoms with Crippen molar-refractivity contribution in [3.05, 3.63) is 42.2 Å². The van der Waals surface area contributed by atoms with E-state index in [0.717, 1.165) is 44.6 Å². The predicted molar refractivity (Wildman–Crippen MR) is 99.2 cm³/mol. The van der Waals surface area contributed by atoms with Crippen molar-refractivity contribution in [1.29, 1.82) is 0 Å². The van der Waals surface area contributed by atoms with Crippen LogP contribution < -0.4 is 15.5 Å². The van der Waals surface area contributed by atoms with Gasteiger partial charge in [0.15, 0.2) is 0 Å². The quantitative estimate of drug-likeness (QED) is 0.865. The van der Waals surface area contributed by atoms with E-state index < -0.39 is 0 Å².